The summed E-state index contributed by atoms with van der Waals surface area (Å²) in [5, 5.41) is 10.9. The van der Waals surface area contributed by atoms with Gasteiger partial charge in [-0.3, -0.25) is 9.59 Å². The monoisotopic (exact) mass is 487 g/mol. The molecule has 0 aromatic heterocycles. The zero-order valence-corrected chi connectivity index (χ0v) is 23.2. The molecule has 4 rings (SSSR count). The number of aliphatic hydroxyl groups is 1. The van der Waals surface area contributed by atoms with Crippen LogP contribution in [0.4, 0.5) is 0 Å². The molecule has 3 unspecified atom stereocenters. The molecule has 4 aliphatic rings. The van der Waals surface area contributed by atoms with Gasteiger partial charge in [-0.05, 0) is 91.8 Å². The number of Topliss-reactive ketones (excluding diaryl/α,β-unsaturated/α-hetero) is 1. The van der Waals surface area contributed by atoms with Gasteiger partial charge in [-0.25, -0.2) is 0 Å². The minimum absolute atomic E-state index is 0.116. The van der Waals surface area contributed by atoms with Gasteiger partial charge in [-0.1, -0.05) is 52.9 Å². The van der Waals surface area contributed by atoms with Crippen molar-refractivity contribution in [3.8, 4) is 0 Å². The van der Waals surface area contributed by atoms with Gasteiger partial charge in [-0.15, -0.1) is 0 Å². The number of carbonyl (C=O) groups excluding carboxylic acids is 2. The van der Waals surface area contributed by atoms with Crippen molar-refractivity contribution >= 4 is 11.7 Å². The van der Waals surface area contributed by atoms with E-state index >= 15 is 0 Å². The summed E-state index contributed by atoms with van der Waals surface area (Å²) in [6.45, 7) is 7.91. The predicted molar refractivity (Wildman–Crippen MR) is 142 cm³/mol. The standard InChI is InChI=1S/C31H53NO3/c1-5-19-32(4)28(35)12-10-8-6-7-9-11-22-20-23-21-24(33)15-17-30(23,2)26-16-18-31(3)25(29(22)26)13-14-27(31)34/h22-23,25-27,29,34H,5-21H2,1-4H3/t22?,23?,25-,26+,27?,29-,30-,31-/m0/s1. The maximum Gasteiger partial charge on any atom is 0.222 e. The first-order chi connectivity index (χ1) is 16.7. The van der Waals surface area contributed by atoms with Gasteiger partial charge in [0.2, 0.25) is 5.91 Å². The molecule has 0 aromatic rings. The van der Waals surface area contributed by atoms with Crippen molar-refractivity contribution in [2.24, 2.45) is 40.4 Å². The fourth-order valence-corrected chi connectivity index (χ4v) is 9.35. The van der Waals surface area contributed by atoms with E-state index in [1.807, 2.05) is 11.9 Å². The van der Waals surface area contributed by atoms with Crippen molar-refractivity contribution < 1.29 is 14.7 Å². The average molecular weight is 488 g/mol. The lowest BCUT2D eigenvalue weighted by molar-refractivity contribution is -0.156. The van der Waals surface area contributed by atoms with Crippen molar-refractivity contribution in [2.45, 2.75) is 130 Å². The summed E-state index contributed by atoms with van der Waals surface area (Å²) in [5.74, 6) is 4.26. The number of amides is 1. The molecule has 35 heavy (non-hydrogen) atoms. The van der Waals surface area contributed by atoms with Gasteiger partial charge in [0.15, 0.2) is 0 Å². The van der Waals surface area contributed by atoms with E-state index in [2.05, 4.69) is 20.8 Å². The summed E-state index contributed by atoms with van der Waals surface area (Å²) in [4.78, 5) is 26.5. The molecule has 0 bridgehead atoms. The molecule has 4 fully saturated rings. The Kier molecular flexibility index (Phi) is 8.71. The van der Waals surface area contributed by atoms with Crippen molar-refractivity contribution in [1.29, 1.82) is 0 Å². The molecule has 0 radical (unpaired) electrons. The topological polar surface area (TPSA) is 57.6 Å². The Hall–Kier alpha value is -0.900. The molecular formula is C31H53NO3. The highest BCUT2D eigenvalue weighted by Crippen LogP contribution is 2.67. The van der Waals surface area contributed by atoms with Crippen LogP contribution in [0.25, 0.3) is 0 Å². The van der Waals surface area contributed by atoms with Crippen LogP contribution in [0.15, 0.2) is 0 Å². The molecule has 4 nitrogen and oxygen atoms in total. The van der Waals surface area contributed by atoms with E-state index in [1.54, 1.807) is 0 Å². The summed E-state index contributed by atoms with van der Waals surface area (Å²) in [6.07, 6.45) is 17.4. The van der Waals surface area contributed by atoms with E-state index in [0.717, 1.165) is 69.2 Å². The van der Waals surface area contributed by atoms with Crippen molar-refractivity contribution in [3.63, 3.8) is 0 Å². The Labute approximate surface area is 215 Å². The molecule has 0 aromatic carbocycles. The lowest BCUT2D eigenvalue weighted by Crippen LogP contribution is -2.57. The molecule has 4 saturated carbocycles. The highest BCUT2D eigenvalue weighted by atomic mass is 16.3. The van der Waals surface area contributed by atoms with Gasteiger partial charge >= 0.3 is 0 Å². The number of ketones is 1. The van der Waals surface area contributed by atoms with Crippen LogP contribution in [0.1, 0.15) is 124 Å². The normalized spacial score (nSPS) is 40.7. The third-order valence-corrected chi connectivity index (χ3v) is 11.6. The van der Waals surface area contributed by atoms with Gasteiger partial charge in [0.25, 0.3) is 0 Å². The van der Waals surface area contributed by atoms with E-state index < -0.39 is 0 Å². The van der Waals surface area contributed by atoms with Gasteiger partial charge in [0, 0.05) is 32.9 Å². The summed E-state index contributed by atoms with van der Waals surface area (Å²) < 4.78 is 0. The Bertz CT molecular complexity index is 752. The number of unbranched alkanes of at least 4 members (excludes halogenated alkanes) is 4. The summed E-state index contributed by atoms with van der Waals surface area (Å²) >= 11 is 0. The zero-order valence-electron chi connectivity index (χ0n) is 23.2. The van der Waals surface area contributed by atoms with Crippen LogP contribution in [0, 0.1) is 40.4 Å². The summed E-state index contributed by atoms with van der Waals surface area (Å²) in [5.41, 5.74) is 0.450. The van der Waals surface area contributed by atoms with Gasteiger partial charge in [0.1, 0.15) is 5.78 Å². The summed E-state index contributed by atoms with van der Waals surface area (Å²) in [7, 11) is 1.92. The van der Waals surface area contributed by atoms with Crippen LogP contribution in [-0.2, 0) is 9.59 Å². The molecule has 0 heterocycles. The van der Waals surface area contributed by atoms with Crippen molar-refractivity contribution in [1.82, 2.24) is 4.90 Å². The lowest BCUT2D eigenvalue weighted by Gasteiger charge is -2.62. The van der Waals surface area contributed by atoms with Crippen LogP contribution in [0.3, 0.4) is 0 Å². The van der Waals surface area contributed by atoms with Crippen LogP contribution in [0.2, 0.25) is 0 Å². The summed E-state index contributed by atoms with van der Waals surface area (Å²) in [6, 6.07) is 0. The minimum Gasteiger partial charge on any atom is -0.393 e. The Morgan fingerprint density at radius 2 is 1.71 bits per heavy atom. The Morgan fingerprint density at radius 3 is 2.49 bits per heavy atom. The van der Waals surface area contributed by atoms with Crippen LogP contribution in [0.5, 0.6) is 0 Å². The highest BCUT2D eigenvalue weighted by Gasteiger charge is 2.62. The van der Waals surface area contributed by atoms with E-state index in [9.17, 15) is 14.7 Å². The molecule has 1 amide bonds. The zero-order chi connectivity index (χ0) is 25.2. The fraction of sp³-hybridized carbons (Fsp3) is 0.935. The third kappa shape index (κ3) is 5.39. The van der Waals surface area contributed by atoms with Gasteiger partial charge in [0.05, 0.1) is 6.10 Å². The first-order valence-corrected chi connectivity index (χ1v) is 15.1. The molecular weight excluding hydrogens is 434 g/mol. The van der Waals surface area contributed by atoms with E-state index in [4.69, 9.17) is 0 Å². The Balaban J connectivity index is 1.33. The predicted octanol–water partition coefficient (Wildman–Crippen LogP) is 6.78. The lowest BCUT2D eigenvalue weighted by atomic mass is 9.42. The smallest absolute Gasteiger partial charge is 0.222 e. The van der Waals surface area contributed by atoms with Crippen molar-refractivity contribution in [2.75, 3.05) is 13.6 Å². The molecule has 0 spiro atoms. The van der Waals surface area contributed by atoms with E-state index in [1.165, 1.54) is 51.4 Å². The maximum absolute atomic E-state index is 12.4. The number of rotatable bonds is 10. The first kappa shape index (κ1) is 27.1. The molecule has 0 saturated heterocycles. The molecule has 4 aliphatic carbocycles. The SMILES string of the molecule is CCCN(C)C(=O)CCCCCCCC1CC2CC(=O)CC[C@]2(C)[C@@H]2CC[C@]3(C)C(O)CC[C@H]3[C@H]12. The van der Waals surface area contributed by atoms with Crippen LogP contribution in [-0.4, -0.2) is 41.4 Å². The molecule has 200 valence electrons. The highest BCUT2D eigenvalue weighted by molar-refractivity contribution is 5.79. The third-order valence-electron chi connectivity index (χ3n) is 11.6. The number of hydrogen-bond acceptors (Lipinski definition) is 3. The van der Waals surface area contributed by atoms with Gasteiger partial charge < -0.3 is 10.0 Å². The van der Waals surface area contributed by atoms with Crippen molar-refractivity contribution in [3.05, 3.63) is 0 Å². The Morgan fingerprint density at radius 1 is 1.00 bits per heavy atom. The number of aliphatic hydroxyl groups excluding tert-OH is 1. The number of nitrogens with zero attached hydrogens (tertiary/aromatic N) is 1. The van der Waals surface area contributed by atoms with Crippen LogP contribution < -0.4 is 0 Å². The number of fused-ring (bicyclic) bond motifs is 5. The van der Waals surface area contributed by atoms with E-state index in [0.29, 0.717) is 35.4 Å². The second-order valence-corrected chi connectivity index (χ2v) is 13.5. The first-order valence-electron chi connectivity index (χ1n) is 15.1. The largest absolute Gasteiger partial charge is 0.393 e. The second kappa shape index (κ2) is 11.2. The van der Waals surface area contributed by atoms with Crippen LogP contribution >= 0.6 is 0 Å². The number of hydrogen-bond donors (Lipinski definition) is 1. The van der Waals surface area contributed by atoms with E-state index in [-0.39, 0.29) is 11.5 Å². The molecule has 1 N–H and O–H groups in total. The second-order valence-electron chi connectivity index (χ2n) is 13.5. The average Bonchev–Trinajstić information content (AvgIpc) is 3.13. The van der Waals surface area contributed by atoms with Gasteiger partial charge in [-0.2, -0.15) is 0 Å². The maximum atomic E-state index is 12.4. The molecule has 0 aliphatic heterocycles. The fourth-order valence-electron chi connectivity index (χ4n) is 9.35. The quantitative estimate of drug-likeness (QED) is 0.345. The molecule has 4 heteroatoms. The minimum atomic E-state index is -0.119. The number of carbonyl (C=O) groups is 2. The molecule has 8 atom stereocenters.